The number of carboxylic acid groups (broad SMARTS) is 1. The summed E-state index contributed by atoms with van der Waals surface area (Å²) in [5, 5.41) is 14.6. The number of urea groups is 1. The van der Waals surface area contributed by atoms with Gasteiger partial charge < -0.3 is 15.7 Å². The molecule has 1 aliphatic rings. The van der Waals surface area contributed by atoms with Crippen molar-refractivity contribution in [3.63, 3.8) is 0 Å². The molecule has 1 aromatic carbocycles. The number of aliphatic carboxylic acids is 1. The number of amides is 2. The Morgan fingerprint density at radius 2 is 1.95 bits per heavy atom. The Labute approximate surface area is 124 Å². The molecule has 0 saturated heterocycles. The maximum absolute atomic E-state index is 12.0. The fourth-order valence-electron chi connectivity index (χ4n) is 2.58. The Bertz CT molecular complexity index is 526. The van der Waals surface area contributed by atoms with Crippen LogP contribution in [0.4, 0.5) is 4.79 Å². The predicted molar refractivity (Wildman–Crippen MR) is 80.0 cm³/mol. The van der Waals surface area contributed by atoms with Gasteiger partial charge in [0.1, 0.15) is 0 Å². The minimum Gasteiger partial charge on any atom is -0.481 e. The van der Waals surface area contributed by atoms with Crippen molar-refractivity contribution >= 4 is 12.0 Å². The van der Waals surface area contributed by atoms with Crippen LogP contribution in [0.25, 0.3) is 0 Å². The van der Waals surface area contributed by atoms with Gasteiger partial charge in [0.15, 0.2) is 0 Å². The van der Waals surface area contributed by atoms with Crippen molar-refractivity contribution in [1.82, 2.24) is 10.6 Å². The van der Waals surface area contributed by atoms with E-state index in [0.717, 1.165) is 24.0 Å². The van der Waals surface area contributed by atoms with Gasteiger partial charge in [-0.15, -0.1) is 0 Å². The van der Waals surface area contributed by atoms with Gasteiger partial charge in [-0.2, -0.15) is 0 Å². The average Bonchev–Trinajstić information content (AvgIpc) is 3.21. The Kier molecular flexibility index (Phi) is 4.83. The number of carbonyl (C=O) groups is 2. The highest BCUT2D eigenvalue weighted by Crippen LogP contribution is 2.34. The summed E-state index contributed by atoms with van der Waals surface area (Å²) in [5.74, 6) is -0.570. The molecule has 0 bridgehead atoms. The van der Waals surface area contributed by atoms with Crippen LogP contribution in [0.15, 0.2) is 24.3 Å². The normalized spacial score (nSPS) is 16.9. The van der Waals surface area contributed by atoms with Gasteiger partial charge in [-0.25, -0.2) is 4.79 Å². The van der Waals surface area contributed by atoms with Gasteiger partial charge in [-0.3, -0.25) is 4.79 Å². The minimum atomic E-state index is -0.876. The van der Waals surface area contributed by atoms with Crippen LogP contribution in [-0.2, 0) is 4.79 Å². The van der Waals surface area contributed by atoms with Gasteiger partial charge in [0.05, 0.1) is 12.5 Å². The van der Waals surface area contributed by atoms with Crippen LogP contribution in [0, 0.1) is 12.8 Å². The molecule has 1 saturated carbocycles. The van der Waals surface area contributed by atoms with E-state index in [4.69, 9.17) is 5.11 Å². The molecule has 114 valence electrons. The summed E-state index contributed by atoms with van der Waals surface area (Å²) in [6, 6.07) is 7.20. The third-order valence-electron chi connectivity index (χ3n) is 3.90. The highest BCUT2D eigenvalue weighted by Gasteiger charge is 2.33. The number of carbonyl (C=O) groups excluding carboxylic acids is 1. The van der Waals surface area contributed by atoms with E-state index in [-0.39, 0.29) is 24.5 Å². The highest BCUT2D eigenvalue weighted by molar-refractivity contribution is 5.76. The number of benzene rings is 1. The van der Waals surface area contributed by atoms with E-state index in [1.807, 2.05) is 38.1 Å². The molecule has 0 radical (unpaired) electrons. The van der Waals surface area contributed by atoms with Crippen LogP contribution in [-0.4, -0.2) is 23.1 Å². The first kappa shape index (κ1) is 15.4. The van der Waals surface area contributed by atoms with Crippen molar-refractivity contribution < 1.29 is 14.7 Å². The Morgan fingerprint density at radius 3 is 2.52 bits per heavy atom. The van der Waals surface area contributed by atoms with E-state index in [2.05, 4.69) is 10.6 Å². The van der Waals surface area contributed by atoms with Crippen LogP contribution in [0.1, 0.15) is 43.4 Å². The molecule has 0 aliphatic heterocycles. The highest BCUT2D eigenvalue weighted by atomic mass is 16.4. The fraction of sp³-hybridized carbons (Fsp3) is 0.500. The molecule has 5 nitrogen and oxygen atoms in total. The minimum absolute atomic E-state index is 0.0170. The maximum Gasteiger partial charge on any atom is 0.315 e. The molecule has 1 fully saturated rings. The predicted octanol–water partition coefficient (Wildman–Crippen LogP) is 2.61. The second-order valence-electron chi connectivity index (χ2n) is 5.74. The van der Waals surface area contributed by atoms with Gasteiger partial charge in [0, 0.05) is 6.04 Å². The van der Waals surface area contributed by atoms with Gasteiger partial charge in [-0.1, -0.05) is 24.3 Å². The molecule has 0 aromatic heterocycles. The molecule has 0 heterocycles. The summed E-state index contributed by atoms with van der Waals surface area (Å²) in [6.07, 6.45) is 1.97. The van der Waals surface area contributed by atoms with Crippen LogP contribution < -0.4 is 10.6 Å². The zero-order valence-corrected chi connectivity index (χ0v) is 12.4. The van der Waals surface area contributed by atoms with Gasteiger partial charge >= 0.3 is 12.0 Å². The number of hydrogen-bond donors (Lipinski definition) is 3. The van der Waals surface area contributed by atoms with Gasteiger partial charge in [-0.05, 0) is 43.7 Å². The first-order valence-corrected chi connectivity index (χ1v) is 7.31. The monoisotopic (exact) mass is 290 g/mol. The Hall–Kier alpha value is -2.04. The van der Waals surface area contributed by atoms with Crippen molar-refractivity contribution in [2.75, 3.05) is 0 Å². The lowest BCUT2D eigenvalue weighted by Gasteiger charge is -2.21. The van der Waals surface area contributed by atoms with E-state index >= 15 is 0 Å². The Balaban J connectivity index is 1.91. The van der Waals surface area contributed by atoms with Crippen LogP contribution in [0.5, 0.6) is 0 Å². The van der Waals surface area contributed by atoms with E-state index in [1.54, 1.807) is 0 Å². The lowest BCUT2D eigenvalue weighted by molar-refractivity contribution is -0.137. The summed E-state index contributed by atoms with van der Waals surface area (Å²) in [7, 11) is 0. The zero-order valence-electron chi connectivity index (χ0n) is 12.4. The molecule has 1 aliphatic carbocycles. The maximum atomic E-state index is 12.0. The summed E-state index contributed by atoms with van der Waals surface area (Å²) in [4.78, 5) is 22.9. The van der Waals surface area contributed by atoms with Gasteiger partial charge in [0.25, 0.3) is 0 Å². The van der Waals surface area contributed by atoms with Gasteiger partial charge in [0.2, 0.25) is 0 Å². The average molecular weight is 290 g/mol. The van der Waals surface area contributed by atoms with Crippen molar-refractivity contribution in [2.45, 2.75) is 45.2 Å². The SMILES string of the molecule is Cc1ccccc1C(C)NC(=O)NC(CC(=O)O)C1CC1. The van der Waals surface area contributed by atoms with Crippen LogP contribution in [0.2, 0.25) is 0 Å². The molecule has 0 spiro atoms. The zero-order chi connectivity index (χ0) is 15.4. The molecule has 21 heavy (non-hydrogen) atoms. The molecule has 2 rings (SSSR count). The van der Waals surface area contributed by atoms with Crippen molar-refractivity contribution in [1.29, 1.82) is 0 Å². The summed E-state index contributed by atoms with van der Waals surface area (Å²) < 4.78 is 0. The number of carboxylic acids is 1. The number of nitrogens with one attached hydrogen (secondary N) is 2. The number of hydrogen-bond acceptors (Lipinski definition) is 2. The molecule has 3 N–H and O–H groups in total. The summed E-state index contributed by atoms with van der Waals surface area (Å²) in [6.45, 7) is 3.92. The molecule has 2 amide bonds. The van der Waals surface area contributed by atoms with E-state index < -0.39 is 5.97 Å². The van der Waals surface area contributed by atoms with Crippen molar-refractivity contribution in [2.24, 2.45) is 5.92 Å². The lowest BCUT2D eigenvalue weighted by atomic mass is 10.0. The third-order valence-corrected chi connectivity index (χ3v) is 3.90. The molecular formula is C16H22N2O3. The third kappa shape index (κ3) is 4.48. The van der Waals surface area contributed by atoms with Crippen LogP contribution in [0.3, 0.4) is 0 Å². The second-order valence-corrected chi connectivity index (χ2v) is 5.74. The summed E-state index contributed by atoms with van der Waals surface area (Å²) in [5.41, 5.74) is 2.18. The fourth-order valence-corrected chi connectivity index (χ4v) is 2.58. The smallest absolute Gasteiger partial charge is 0.315 e. The Morgan fingerprint density at radius 1 is 1.29 bits per heavy atom. The molecule has 2 unspecified atom stereocenters. The molecule has 2 atom stereocenters. The van der Waals surface area contributed by atoms with Crippen molar-refractivity contribution in [3.8, 4) is 0 Å². The van der Waals surface area contributed by atoms with E-state index in [0.29, 0.717) is 5.92 Å². The lowest BCUT2D eigenvalue weighted by Crippen LogP contribution is -2.44. The largest absolute Gasteiger partial charge is 0.481 e. The second kappa shape index (κ2) is 6.61. The van der Waals surface area contributed by atoms with Crippen molar-refractivity contribution in [3.05, 3.63) is 35.4 Å². The molecular weight excluding hydrogens is 268 g/mol. The molecule has 5 heteroatoms. The first-order chi connectivity index (χ1) is 9.97. The standard InChI is InChI=1S/C16H22N2O3/c1-10-5-3-4-6-13(10)11(2)17-16(21)18-14(9-15(19)20)12-7-8-12/h3-6,11-12,14H,7-9H2,1-2H3,(H,19,20)(H2,17,18,21). The van der Waals surface area contributed by atoms with E-state index in [9.17, 15) is 9.59 Å². The summed E-state index contributed by atoms with van der Waals surface area (Å²) >= 11 is 0. The number of rotatable bonds is 6. The van der Waals surface area contributed by atoms with E-state index in [1.165, 1.54) is 0 Å². The van der Waals surface area contributed by atoms with Crippen LogP contribution >= 0.6 is 0 Å². The topological polar surface area (TPSA) is 78.4 Å². The number of aryl methyl sites for hydroxylation is 1. The molecule has 1 aromatic rings. The quantitative estimate of drug-likeness (QED) is 0.753. The first-order valence-electron chi connectivity index (χ1n) is 7.31.